The lowest BCUT2D eigenvalue weighted by molar-refractivity contribution is 1.66. The molecular formula is C8H9BrMg. The molecule has 1 aromatic rings. The van der Waals surface area contributed by atoms with E-state index in [9.17, 15) is 0 Å². The van der Waals surface area contributed by atoms with Gasteiger partial charge in [0.2, 0.25) is 0 Å². The number of hydrogen-bond donors (Lipinski definition) is 0. The second kappa shape index (κ2) is 9.03. The Bertz CT molecular complexity index is 169. The third-order valence-electron chi connectivity index (χ3n) is 0.733. The Labute approximate surface area is 86.3 Å². The lowest BCUT2D eigenvalue weighted by atomic mass is 10.4. The molecule has 10 heavy (non-hydrogen) atoms. The van der Waals surface area contributed by atoms with Crippen molar-refractivity contribution in [2.24, 2.45) is 0 Å². The lowest BCUT2D eigenvalue weighted by Crippen LogP contribution is -1.55. The first kappa shape index (κ1) is 12.7. The van der Waals surface area contributed by atoms with Crippen LogP contribution in [-0.4, -0.2) is 23.1 Å². The van der Waals surface area contributed by atoms with E-state index in [1.165, 1.54) is 0 Å². The molecule has 0 amide bonds. The van der Waals surface area contributed by atoms with Crippen molar-refractivity contribution in [1.29, 1.82) is 0 Å². The molecule has 0 aliphatic heterocycles. The van der Waals surface area contributed by atoms with Gasteiger partial charge in [-0.2, -0.15) is 0 Å². The van der Waals surface area contributed by atoms with Crippen LogP contribution in [0.15, 0.2) is 34.8 Å². The minimum atomic E-state index is 0. The average molecular weight is 209 g/mol. The number of hydrogen-bond acceptors (Lipinski definition) is 0. The van der Waals surface area contributed by atoms with Crippen LogP contribution < -0.4 is 0 Å². The Balaban J connectivity index is 0. The van der Waals surface area contributed by atoms with E-state index in [2.05, 4.69) is 28.8 Å². The first-order chi connectivity index (χ1) is 4.39. The molecule has 0 heterocycles. The quantitative estimate of drug-likeness (QED) is 0.451. The van der Waals surface area contributed by atoms with Gasteiger partial charge in [0.1, 0.15) is 0 Å². The minimum Gasteiger partial charge on any atom is -0.124 e. The van der Waals surface area contributed by atoms with Crippen molar-refractivity contribution in [3.05, 3.63) is 34.8 Å². The molecule has 0 aromatic heterocycles. The maximum atomic E-state index is 4.00. The maximum Gasteiger partial charge on any atom is 0.316 e. The molecule has 0 spiro atoms. The smallest absolute Gasteiger partial charge is 0.124 e. The average Bonchev–Trinajstić information content (AvgIpc) is 1.94. The zero-order valence-corrected chi connectivity index (χ0v) is 6.51. The predicted octanol–water partition coefficient (Wildman–Crippen LogP) is 1.78. The number of rotatable bonds is 0. The molecular weight excluding hydrogens is 200 g/mol. The third-order valence-corrected chi connectivity index (χ3v) is 1.26. The highest BCUT2D eigenvalue weighted by atomic mass is 79.9. The summed E-state index contributed by atoms with van der Waals surface area (Å²) in [5, 5.41) is 0. The molecule has 1 aromatic carbocycles. The van der Waals surface area contributed by atoms with Crippen LogP contribution in [0.4, 0.5) is 0 Å². The van der Waals surface area contributed by atoms with Crippen molar-refractivity contribution >= 4 is 39.0 Å². The first-order valence-electron chi connectivity index (χ1n) is 2.43. The third kappa shape index (κ3) is 6.15. The van der Waals surface area contributed by atoms with Crippen LogP contribution in [-0.2, 0) is 0 Å². The summed E-state index contributed by atoms with van der Waals surface area (Å²) in [6, 6.07) is 9.97. The molecule has 0 unspecified atom stereocenters. The Morgan fingerprint density at radius 1 is 1.00 bits per heavy atom. The van der Waals surface area contributed by atoms with Gasteiger partial charge in [-0.25, -0.2) is 0 Å². The Morgan fingerprint density at radius 2 is 1.40 bits per heavy atom. The van der Waals surface area contributed by atoms with Crippen LogP contribution in [0.1, 0.15) is 0 Å². The van der Waals surface area contributed by atoms with Crippen molar-refractivity contribution in [1.82, 2.24) is 0 Å². The van der Waals surface area contributed by atoms with Crippen molar-refractivity contribution in [2.75, 3.05) is 0 Å². The van der Waals surface area contributed by atoms with Gasteiger partial charge in [0.05, 0.1) is 0 Å². The number of halogens is 1. The zero-order valence-electron chi connectivity index (χ0n) is 4.92. The summed E-state index contributed by atoms with van der Waals surface area (Å²) in [5.41, 5.74) is 0. The second-order valence-corrected chi connectivity index (χ2v) is 2.21. The summed E-state index contributed by atoms with van der Waals surface area (Å²) in [6.07, 6.45) is 8.00. The van der Waals surface area contributed by atoms with E-state index in [0.29, 0.717) is 0 Å². The van der Waals surface area contributed by atoms with Crippen LogP contribution in [0.3, 0.4) is 0 Å². The zero-order chi connectivity index (χ0) is 7.11. The first-order valence-corrected chi connectivity index (χ1v) is 3.23. The Kier molecular flexibility index (Phi) is 11.4. The van der Waals surface area contributed by atoms with Gasteiger partial charge in [-0.1, -0.05) is 34.1 Å². The molecule has 1 rings (SSSR count). The SMILES string of the molecule is Brc1ccccc1.C#C.[MgH2]. The molecule has 2 heteroatoms. The molecule has 0 aliphatic rings. The predicted molar refractivity (Wildman–Crippen MR) is 52.6 cm³/mol. The van der Waals surface area contributed by atoms with Gasteiger partial charge in [-0.05, 0) is 12.1 Å². The summed E-state index contributed by atoms with van der Waals surface area (Å²) in [7, 11) is 0. The van der Waals surface area contributed by atoms with E-state index >= 15 is 0 Å². The molecule has 0 N–H and O–H groups in total. The van der Waals surface area contributed by atoms with E-state index in [1.807, 2.05) is 30.3 Å². The molecule has 0 radical (unpaired) electrons. The molecule has 0 aliphatic carbocycles. The highest BCUT2D eigenvalue weighted by Gasteiger charge is 1.74. The van der Waals surface area contributed by atoms with Crippen molar-refractivity contribution in [3.63, 3.8) is 0 Å². The van der Waals surface area contributed by atoms with E-state index in [4.69, 9.17) is 0 Å². The molecule has 0 atom stereocenters. The molecule has 0 saturated heterocycles. The molecule has 50 valence electrons. The Hall–Kier alpha value is 0.0262. The molecule has 0 saturated carbocycles. The fraction of sp³-hybridized carbons (Fsp3) is 0. The maximum absolute atomic E-state index is 4.00. The highest BCUT2D eigenvalue weighted by Crippen LogP contribution is 2.05. The van der Waals surface area contributed by atoms with Crippen LogP contribution in [0.25, 0.3) is 0 Å². The fourth-order valence-corrected chi connectivity index (χ4v) is 0.720. The minimum absolute atomic E-state index is 0. The molecule has 0 nitrogen and oxygen atoms in total. The second-order valence-electron chi connectivity index (χ2n) is 1.30. The fourth-order valence-electron chi connectivity index (χ4n) is 0.415. The van der Waals surface area contributed by atoms with Gasteiger partial charge < -0.3 is 0 Å². The van der Waals surface area contributed by atoms with Crippen LogP contribution in [0.2, 0.25) is 0 Å². The van der Waals surface area contributed by atoms with E-state index < -0.39 is 0 Å². The summed E-state index contributed by atoms with van der Waals surface area (Å²) in [6.45, 7) is 0. The topological polar surface area (TPSA) is 0 Å². The van der Waals surface area contributed by atoms with Gasteiger partial charge in [0, 0.05) is 4.47 Å². The van der Waals surface area contributed by atoms with Crippen LogP contribution in [0.5, 0.6) is 0 Å². The van der Waals surface area contributed by atoms with Gasteiger partial charge in [0.25, 0.3) is 0 Å². The number of benzene rings is 1. The largest absolute Gasteiger partial charge is 0.316 e. The van der Waals surface area contributed by atoms with Crippen LogP contribution in [0, 0.1) is 12.8 Å². The highest BCUT2D eigenvalue weighted by molar-refractivity contribution is 9.10. The summed E-state index contributed by atoms with van der Waals surface area (Å²) in [5.74, 6) is 0. The lowest BCUT2D eigenvalue weighted by Gasteiger charge is -1.80. The van der Waals surface area contributed by atoms with E-state index in [-0.39, 0.29) is 23.1 Å². The monoisotopic (exact) mass is 208 g/mol. The Morgan fingerprint density at radius 3 is 1.60 bits per heavy atom. The standard InChI is InChI=1S/C6H5Br.C2H2.Mg.2H/c7-6-4-2-1-3-5-6;1-2;;;/h1-5H;1-2H;;;. The molecule has 0 fully saturated rings. The van der Waals surface area contributed by atoms with Gasteiger partial charge in [-0.3, -0.25) is 0 Å². The van der Waals surface area contributed by atoms with Gasteiger partial charge in [-0.15, -0.1) is 12.8 Å². The van der Waals surface area contributed by atoms with E-state index in [0.717, 1.165) is 4.47 Å². The molecule has 0 bridgehead atoms. The normalized spacial score (nSPS) is 6.30. The summed E-state index contributed by atoms with van der Waals surface area (Å²) >= 11 is 3.31. The van der Waals surface area contributed by atoms with Gasteiger partial charge >= 0.3 is 23.1 Å². The van der Waals surface area contributed by atoms with Gasteiger partial charge in [0.15, 0.2) is 0 Å². The van der Waals surface area contributed by atoms with Crippen molar-refractivity contribution < 1.29 is 0 Å². The summed E-state index contributed by atoms with van der Waals surface area (Å²) in [4.78, 5) is 0. The number of terminal acetylenes is 1. The van der Waals surface area contributed by atoms with Crippen LogP contribution >= 0.6 is 15.9 Å². The van der Waals surface area contributed by atoms with Crippen molar-refractivity contribution in [3.8, 4) is 12.8 Å². The summed E-state index contributed by atoms with van der Waals surface area (Å²) < 4.78 is 1.13. The van der Waals surface area contributed by atoms with Crippen molar-refractivity contribution in [2.45, 2.75) is 0 Å². The van der Waals surface area contributed by atoms with E-state index in [1.54, 1.807) is 0 Å².